The van der Waals surface area contributed by atoms with Gasteiger partial charge in [-0.3, -0.25) is 4.79 Å². The number of primary sulfonamides is 1. The van der Waals surface area contributed by atoms with E-state index in [2.05, 4.69) is 37.5 Å². The Hall–Kier alpha value is -1.77. The van der Waals surface area contributed by atoms with Gasteiger partial charge < -0.3 is 10.3 Å². The third kappa shape index (κ3) is 4.25. The lowest BCUT2D eigenvalue weighted by Crippen LogP contribution is -2.18. The molecule has 0 saturated heterocycles. The van der Waals surface area contributed by atoms with E-state index < -0.39 is 10.0 Å². The fraction of sp³-hybridized carbons (Fsp3) is 0.294. The van der Waals surface area contributed by atoms with Gasteiger partial charge in [0.05, 0.1) is 5.75 Å². The molecule has 2 aromatic heterocycles. The molecular weight excluding hydrogens is 527 g/mol. The topological polar surface area (TPSA) is 147 Å². The predicted octanol–water partition coefficient (Wildman–Crippen LogP) is 1.97. The molecule has 1 aromatic carbocycles. The molecule has 4 N–H and O–H groups in total. The summed E-state index contributed by atoms with van der Waals surface area (Å²) in [4.78, 5) is 25.9. The van der Waals surface area contributed by atoms with Crippen LogP contribution in [0.5, 0.6) is 0 Å². The van der Waals surface area contributed by atoms with Crippen molar-refractivity contribution in [1.29, 1.82) is 0 Å². The monoisotopic (exact) mass is 544 g/mol. The van der Waals surface area contributed by atoms with Crippen LogP contribution in [0.2, 0.25) is 0 Å². The van der Waals surface area contributed by atoms with E-state index in [1.165, 1.54) is 18.1 Å². The third-order valence-corrected chi connectivity index (χ3v) is 7.78. The molecule has 9 nitrogen and oxygen atoms in total. The number of hydrogen-bond donors (Lipinski definition) is 2. The van der Waals surface area contributed by atoms with Gasteiger partial charge in [0, 0.05) is 27.0 Å². The normalized spacial score (nSPS) is 13.9. The summed E-state index contributed by atoms with van der Waals surface area (Å²) < 4.78 is 25.4. The maximum Gasteiger partial charge on any atom is 0.209 e. The van der Waals surface area contributed by atoms with Gasteiger partial charge in [-0.05, 0) is 53.1 Å². The minimum absolute atomic E-state index is 0.148. The van der Waals surface area contributed by atoms with E-state index in [1.54, 1.807) is 0 Å². The summed E-state index contributed by atoms with van der Waals surface area (Å²) >= 11 is 3.64. The highest BCUT2D eigenvalue weighted by Gasteiger charge is 2.23. The summed E-state index contributed by atoms with van der Waals surface area (Å²) in [7, 11) is -3.57. The number of nitrogen functional groups attached to an aromatic ring is 1. The Balaban J connectivity index is 1.73. The van der Waals surface area contributed by atoms with Crippen molar-refractivity contribution < 1.29 is 13.2 Å². The van der Waals surface area contributed by atoms with Crippen molar-refractivity contribution in [2.45, 2.75) is 35.9 Å². The molecule has 1 aliphatic rings. The second-order valence-electron chi connectivity index (χ2n) is 6.66. The summed E-state index contributed by atoms with van der Waals surface area (Å²) in [5, 5.41) is 5.72. The van der Waals surface area contributed by atoms with Crippen LogP contribution in [0, 0.1) is 3.57 Å². The Morgan fingerprint density at radius 3 is 2.79 bits per heavy atom. The molecule has 12 heteroatoms. The van der Waals surface area contributed by atoms with E-state index in [0.29, 0.717) is 35.7 Å². The number of carbonyl (C=O) groups excluding carboxylic acids is 1. The first-order valence-electron chi connectivity index (χ1n) is 8.73. The molecule has 4 rings (SSSR count). The zero-order valence-electron chi connectivity index (χ0n) is 15.1. The second kappa shape index (κ2) is 7.81. The molecular formula is C17H17IN6O3S2. The Kier molecular flexibility index (Phi) is 5.52. The molecule has 1 aliphatic carbocycles. The van der Waals surface area contributed by atoms with Gasteiger partial charge >= 0.3 is 0 Å². The van der Waals surface area contributed by atoms with Gasteiger partial charge in [-0.15, -0.1) is 0 Å². The van der Waals surface area contributed by atoms with Crippen LogP contribution in [0.1, 0.15) is 28.8 Å². The van der Waals surface area contributed by atoms with Crippen molar-refractivity contribution in [2.24, 2.45) is 5.14 Å². The number of halogens is 1. The number of Topliss-reactive ketones (excluding diaryl/α,β-unsaturated/α-hetero) is 1. The number of nitrogens with two attached hydrogens (primary N) is 2. The molecule has 0 amide bonds. The average Bonchev–Trinajstić information content (AvgIpc) is 3.17. The number of ketones is 1. The van der Waals surface area contributed by atoms with E-state index in [1.807, 2.05) is 16.7 Å². The summed E-state index contributed by atoms with van der Waals surface area (Å²) in [5.74, 6) is 0.248. The quantitative estimate of drug-likeness (QED) is 0.448. The number of fused-ring (bicyclic) bond motifs is 2. The molecule has 0 radical (unpaired) electrons. The lowest BCUT2D eigenvalue weighted by molar-refractivity contribution is 0.0994. The second-order valence-corrected chi connectivity index (χ2v) is 10.6. The molecule has 0 bridgehead atoms. The number of hydrogen-bond acceptors (Lipinski definition) is 8. The van der Waals surface area contributed by atoms with Crippen LogP contribution in [-0.2, 0) is 23.0 Å². The van der Waals surface area contributed by atoms with Gasteiger partial charge in [0.25, 0.3) is 0 Å². The standard InChI is InChI=1S/C17H17IN6O3S2/c18-11-6-9-2-3-12(25)10(9)7-13(11)28-17-23-14-15(19)21-8-22-16(14)24(17)4-1-5-29(20,26)27/h6-8H,1-5H2,(H2,19,21,22)(H2,20,26,27). The minimum atomic E-state index is -3.57. The predicted molar refractivity (Wildman–Crippen MR) is 118 cm³/mol. The Bertz CT molecular complexity index is 1240. The highest BCUT2D eigenvalue weighted by molar-refractivity contribution is 14.1. The fourth-order valence-corrected chi connectivity index (χ4v) is 5.61. The Morgan fingerprint density at radius 2 is 2.03 bits per heavy atom. The van der Waals surface area contributed by atoms with E-state index in [0.717, 1.165) is 26.0 Å². The van der Waals surface area contributed by atoms with Crippen molar-refractivity contribution in [1.82, 2.24) is 19.5 Å². The van der Waals surface area contributed by atoms with Gasteiger partial charge in [0.2, 0.25) is 10.0 Å². The molecule has 2 heterocycles. The van der Waals surface area contributed by atoms with Crippen molar-refractivity contribution in [3.8, 4) is 0 Å². The van der Waals surface area contributed by atoms with Crippen molar-refractivity contribution >= 4 is 67.1 Å². The molecule has 3 aromatic rings. The number of nitrogens with zero attached hydrogens (tertiary/aromatic N) is 4. The highest BCUT2D eigenvalue weighted by Crippen LogP contribution is 2.37. The van der Waals surface area contributed by atoms with Crippen LogP contribution < -0.4 is 10.9 Å². The Morgan fingerprint density at radius 1 is 1.24 bits per heavy atom. The number of benzene rings is 1. The Labute approximate surface area is 184 Å². The summed E-state index contributed by atoms with van der Waals surface area (Å²) in [5.41, 5.74) is 8.76. The van der Waals surface area contributed by atoms with Gasteiger partial charge in [-0.25, -0.2) is 28.5 Å². The molecule has 0 fully saturated rings. The van der Waals surface area contributed by atoms with E-state index in [9.17, 15) is 13.2 Å². The van der Waals surface area contributed by atoms with Crippen LogP contribution in [0.4, 0.5) is 5.82 Å². The first kappa shape index (κ1) is 20.5. The van der Waals surface area contributed by atoms with Crippen molar-refractivity contribution in [3.05, 3.63) is 33.2 Å². The van der Waals surface area contributed by atoms with Crippen molar-refractivity contribution in [2.75, 3.05) is 11.5 Å². The maximum atomic E-state index is 12.1. The summed E-state index contributed by atoms with van der Waals surface area (Å²) in [6.07, 6.45) is 2.97. The zero-order valence-corrected chi connectivity index (χ0v) is 18.9. The van der Waals surface area contributed by atoms with Crippen LogP contribution in [0.15, 0.2) is 28.5 Å². The molecule has 0 aliphatic heterocycles. The van der Waals surface area contributed by atoms with Crippen LogP contribution in [-0.4, -0.2) is 39.5 Å². The first-order valence-corrected chi connectivity index (χ1v) is 12.3. The number of aryl methyl sites for hydroxylation is 2. The number of imidazole rings is 1. The molecule has 152 valence electrons. The number of aromatic nitrogens is 4. The largest absolute Gasteiger partial charge is 0.382 e. The lowest BCUT2D eigenvalue weighted by atomic mass is 10.1. The average molecular weight is 544 g/mol. The molecule has 29 heavy (non-hydrogen) atoms. The molecule has 0 spiro atoms. The molecule has 0 unspecified atom stereocenters. The van der Waals surface area contributed by atoms with E-state index >= 15 is 0 Å². The zero-order chi connectivity index (χ0) is 20.8. The minimum Gasteiger partial charge on any atom is -0.382 e. The first-order chi connectivity index (χ1) is 13.7. The fourth-order valence-electron chi connectivity index (χ4n) is 3.26. The molecule has 0 atom stereocenters. The smallest absolute Gasteiger partial charge is 0.209 e. The van der Waals surface area contributed by atoms with Gasteiger partial charge in [0.15, 0.2) is 27.9 Å². The van der Waals surface area contributed by atoms with Gasteiger partial charge in [-0.2, -0.15) is 0 Å². The third-order valence-electron chi connectivity index (χ3n) is 4.62. The summed E-state index contributed by atoms with van der Waals surface area (Å²) in [6, 6.07) is 3.94. The van der Waals surface area contributed by atoms with Crippen LogP contribution >= 0.6 is 34.4 Å². The molecule has 0 saturated carbocycles. The maximum absolute atomic E-state index is 12.1. The number of sulfonamides is 1. The van der Waals surface area contributed by atoms with Gasteiger partial charge in [0.1, 0.15) is 6.33 Å². The number of carbonyl (C=O) groups is 1. The van der Waals surface area contributed by atoms with E-state index in [-0.39, 0.29) is 17.4 Å². The lowest BCUT2D eigenvalue weighted by Gasteiger charge is -2.10. The van der Waals surface area contributed by atoms with E-state index in [4.69, 9.17) is 10.9 Å². The van der Waals surface area contributed by atoms with Crippen LogP contribution in [0.25, 0.3) is 11.2 Å². The number of anilines is 1. The SMILES string of the molecule is Nc1ncnc2c1nc(Sc1cc3c(cc1I)CCC3=O)n2CCCS(N)(=O)=O. The van der Waals surface area contributed by atoms with Crippen molar-refractivity contribution in [3.63, 3.8) is 0 Å². The van der Waals surface area contributed by atoms with Gasteiger partial charge in [-0.1, -0.05) is 11.8 Å². The highest BCUT2D eigenvalue weighted by atomic mass is 127. The summed E-state index contributed by atoms with van der Waals surface area (Å²) in [6.45, 7) is 0.353. The number of rotatable bonds is 6. The van der Waals surface area contributed by atoms with Crippen LogP contribution in [0.3, 0.4) is 0 Å².